The summed E-state index contributed by atoms with van der Waals surface area (Å²) >= 11 is 0. The fourth-order valence-electron chi connectivity index (χ4n) is 2.29. The van der Waals surface area contributed by atoms with Crippen LogP contribution in [0.1, 0.15) is 40.5 Å². The molecular formula is C17H27BO. The van der Waals surface area contributed by atoms with Gasteiger partial charge in [-0.15, -0.1) is 6.58 Å². The smallest absolute Gasteiger partial charge is 0.327 e. The molecule has 1 aliphatic heterocycles. The molecule has 0 radical (unpaired) electrons. The van der Waals surface area contributed by atoms with E-state index in [0.29, 0.717) is 0 Å². The molecule has 0 atom stereocenters. The maximum atomic E-state index is 6.25. The number of hydrogen-bond donors (Lipinski definition) is 0. The molecule has 0 aromatic rings. The normalized spacial score (nSPS) is 21.9. The van der Waals surface area contributed by atoms with Crippen molar-refractivity contribution in [2.75, 3.05) is 0 Å². The quantitative estimate of drug-likeness (QED) is 0.282. The number of hydrogen-bond acceptors (Lipinski definition) is 1. The van der Waals surface area contributed by atoms with Crippen LogP contribution in [-0.4, -0.2) is 12.5 Å². The highest BCUT2D eigenvalue weighted by Crippen LogP contribution is 2.46. The van der Waals surface area contributed by atoms with Gasteiger partial charge in [0.2, 0.25) is 0 Å². The Morgan fingerprint density at radius 1 is 1.21 bits per heavy atom. The molecule has 19 heavy (non-hydrogen) atoms. The van der Waals surface area contributed by atoms with E-state index in [0.717, 1.165) is 19.2 Å². The zero-order valence-electron chi connectivity index (χ0n) is 12.9. The summed E-state index contributed by atoms with van der Waals surface area (Å²) in [5.74, 6) is 0. The zero-order chi connectivity index (χ0) is 14.5. The molecule has 0 unspecified atom stereocenters. The Labute approximate surface area is 119 Å². The van der Waals surface area contributed by atoms with Crippen LogP contribution in [0.15, 0.2) is 49.0 Å². The highest BCUT2D eigenvalue weighted by molar-refractivity contribution is 6.62. The van der Waals surface area contributed by atoms with Crippen molar-refractivity contribution in [1.82, 2.24) is 0 Å². The molecule has 1 fully saturated rings. The first kappa shape index (κ1) is 16.0. The highest BCUT2D eigenvalue weighted by atomic mass is 16.5. The van der Waals surface area contributed by atoms with E-state index in [4.69, 9.17) is 4.65 Å². The van der Waals surface area contributed by atoms with Crippen molar-refractivity contribution in [3.63, 3.8) is 0 Å². The van der Waals surface area contributed by atoms with Gasteiger partial charge in [0.1, 0.15) is 0 Å². The van der Waals surface area contributed by atoms with E-state index < -0.39 is 0 Å². The van der Waals surface area contributed by atoms with Crippen LogP contribution in [0.5, 0.6) is 0 Å². The summed E-state index contributed by atoms with van der Waals surface area (Å²) in [5.41, 5.74) is 1.32. The van der Waals surface area contributed by atoms with Crippen molar-refractivity contribution in [2.24, 2.45) is 5.41 Å². The molecule has 1 heterocycles. The molecule has 2 heteroatoms. The Kier molecular flexibility index (Phi) is 5.43. The van der Waals surface area contributed by atoms with Gasteiger partial charge >= 0.3 is 6.92 Å². The molecule has 0 amide bonds. The molecular weight excluding hydrogens is 231 g/mol. The zero-order valence-corrected chi connectivity index (χ0v) is 12.9. The largest absolute Gasteiger partial charge is 0.426 e. The summed E-state index contributed by atoms with van der Waals surface area (Å²) in [6.45, 7) is 16.6. The summed E-state index contributed by atoms with van der Waals surface area (Å²) in [5, 5.41) is 0. The molecule has 104 valence electrons. The number of unbranched alkanes of at least 4 members (excludes halogenated alkanes) is 1. The molecule has 1 saturated heterocycles. The lowest BCUT2D eigenvalue weighted by Crippen LogP contribution is -2.34. The van der Waals surface area contributed by atoms with Gasteiger partial charge in [-0.25, -0.2) is 0 Å². The van der Waals surface area contributed by atoms with Crippen molar-refractivity contribution >= 4 is 6.92 Å². The van der Waals surface area contributed by atoms with Crippen molar-refractivity contribution in [2.45, 2.75) is 52.5 Å². The van der Waals surface area contributed by atoms with Gasteiger partial charge in [-0.2, -0.15) is 0 Å². The summed E-state index contributed by atoms with van der Waals surface area (Å²) in [4.78, 5) is 0. The summed E-state index contributed by atoms with van der Waals surface area (Å²) in [6.07, 6.45) is 13.3. The van der Waals surface area contributed by atoms with Gasteiger partial charge in [0, 0.05) is 0 Å². The van der Waals surface area contributed by atoms with Gasteiger partial charge in [0.25, 0.3) is 0 Å². The molecule has 0 bridgehead atoms. The van der Waals surface area contributed by atoms with Crippen LogP contribution < -0.4 is 0 Å². The van der Waals surface area contributed by atoms with Crippen molar-refractivity contribution in [3.05, 3.63) is 49.0 Å². The fraction of sp³-hybridized carbons (Fsp3) is 0.529. The van der Waals surface area contributed by atoms with E-state index in [9.17, 15) is 0 Å². The van der Waals surface area contributed by atoms with Crippen LogP contribution in [0.25, 0.3) is 0 Å². The first-order valence-electron chi connectivity index (χ1n) is 7.12. The molecule has 0 N–H and O–H groups in total. The lowest BCUT2D eigenvalue weighted by Gasteiger charge is -2.34. The molecule has 1 nitrogen and oxygen atoms in total. The van der Waals surface area contributed by atoms with Crippen LogP contribution in [0, 0.1) is 5.41 Å². The van der Waals surface area contributed by atoms with Crippen LogP contribution in [0.4, 0.5) is 0 Å². The van der Waals surface area contributed by atoms with Gasteiger partial charge < -0.3 is 4.65 Å². The van der Waals surface area contributed by atoms with E-state index in [-0.39, 0.29) is 17.9 Å². The Balaban J connectivity index is 2.80. The predicted octanol–water partition coefficient (Wildman–Crippen LogP) is 4.99. The molecule has 0 aromatic carbocycles. The van der Waals surface area contributed by atoms with E-state index in [1.54, 1.807) is 0 Å². The standard InChI is InChI=1S/C17H27BO/c1-7-9-10-11-13-15(12-8-2)18-14-16(3,4)17(5,6)19-18/h7-8,11-13H,1-2,9-10,14H2,3-6H3/b13-11-,15-12+. The minimum Gasteiger partial charge on any atom is -0.426 e. The van der Waals surface area contributed by atoms with Gasteiger partial charge in [0.15, 0.2) is 0 Å². The van der Waals surface area contributed by atoms with Crippen LogP contribution in [0.2, 0.25) is 6.32 Å². The van der Waals surface area contributed by atoms with Crippen molar-refractivity contribution in [1.29, 1.82) is 0 Å². The van der Waals surface area contributed by atoms with E-state index in [1.807, 2.05) is 12.2 Å². The first-order chi connectivity index (χ1) is 8.84. The number of rotatable bonds is 6. The SMILES string of the molecule is C=C/C=C(\C=C/CCC=C)B1CC(C)(C)C(C)(C)O1. The van der Waals surface area contributed by atoms with E-state index >= 15 is 0 Å². The third kappa shape index (κ3) is 3.97. The van der Waals surface area contributed by atoms with Crippen LogP contribution >= 0.6 is 0 Å². The second-order valence-corrected chi connectivity index (χ2v) is 6.38. The third-order valence-corrected chi connectivity index (χ3v) is 4.29. The minimum atomic E-state index is -0.0904. The maximum Gasteiger partial charge on any atom is 0.327 e. The summed E-state index contributed by atoms with van der Waals surface area (Å²) in [6, 6.07) is 0. The van der Waals surface area contributed by atoms with E-state index in [2.05, 4.69) is 59.1 Å². The predicted molar refractivity (Wildman–Crippen MR) is 86.4 cm³/mol. The van der Waals surface area contributed by atoms with Gasteiger partial charge in [-0.3, -0.25) is 0 Å². The average molecular weight is 258 g/mol. The lowest BCUT2D eigenvalue weighted by atomic mass is 9.53. The van der Waals surface area contributed by atoms with Gasteiger partial charge in [-0.05, 0) is 43.9 Å². The first-order valence-corrected chi connectivity index (χ1v) is 7.12. The molecule has 0 spiro atoms. The van der Waals surface area contributed by atoms with Crippen molar-refractivity contribution < 1.29 is 4.65 Å². The second kappa shape index (κ2) is 6.43. The Morgan fingerprint density at radius 3 is 2.37 bits per heavy atom. The van der Waals surface area contributed by atoms with Crippen LogP contribution in [-0.2, 0) is 4.65 Å². The fourth-order valence-corrected chi connectivity index (χ4v) is 2.29. The third-order valence-electron chi connectivity index (χ3n) is 4.29. The highest BCUT2D eigenvalue weighted by Gasteiger charge is 2.49. The van der Waals surface area contributed by atoms with Gasteiger partial charge in [-0.1, -0.05) is 50.8 Å². The Bertz CT molecular complexity index is 372. The Hall–Kier alpha value is -1.02. The molecule has 1 rings (SSSR count). The lowest BCUT2D eigenvalue weighted by molar-refractivity contribution is 0.0371. The minimum absolute atomic E-state index is 0.0904. The van der Waals surface area contributed by atoms with Crippen LogP contribution in [0.3, 0.4) is 0 Å². The molecule has 0 aromatic heterocycles. The molecule has 1 aliphatic rings. The maximum absolute atomic E-state index is 6.25. The summed E-state index contributed by atoms with van der Waals surface area (Å²) in [7, 11) is 0. The molecule has 0 aliphatic carbocycles. The van der Waals surface area contributed by atoms with Gasteiger partial charge in [0.05, 0.1) is 5.60 Å². The topological polar surface area (TPSA) is 9.23 Å². The summed E-state index contributed by atoms with van der Waals surface area (Å²) < 4.78 is 6.25. The number of allylic oxidation sites excluding steroid dienone is 6. The average Bonchev–Trinajstić information content (AvgIpc) is 2.52. The second-order valence-electron chi connectivity index (χ2n) is 6.38. The Morgan fingerprint density at radius 2 is 1.89 bits per heavy atom. The molecule has 0 saturated carbocycles. The monoisotopic (exact) mass is 258 g/mol. The van der Waals surface area contributed by atoms with Crippen molar-refractivity contribution in [3.8, 4) is 0 Å². The van der Waals surface area contributed by atoms with E-state index in [1.165, 1.54) is 5.47 Å².